The Morgan fingerprint density at radius 3 is 2.55 bits per heavy atom. The molecule has 1 atom stereocenters. The zero-order valence-electron chi connectivity index (χ0n) is 12.2. The van der Waals surface area contributed by atoms with Crippen molar-refractivity contribution in [2.75, 3.05) is 10.2 Å². The zero-order chi connectivity index (χ0) is 15.1. The Kier molecular flexibility index (Phi) is 3.78. The molecule has 0 aromatic heterocycles. The number of rotatable bonds is 1. The first-order valence-corrected chi connectivity index (χ1v) is 7.02. The van der Waals surface area contributed by atoms with Crippen LogP contribution in [0.4, 0.5) is 11.4 Å². The van der Waals surface area contributed by atoms with Gasteiger partial charge in [-0.25, -0.2) is 0 Å². The molecule has 0 radical (unpaired) electrons. The van der Waals surface area contributed by atoms with E-state index in [4.69, 9.17) is 11.6 Å². The van der Waals surface area contributed by atoms with Gasteiger partial charge in [-0.1, -0.05) is 0 Å². The van der Waals surface area contributed by atoms with Crippen LogP contribution in [0, 0.1) is 0 Å². The maximum absolute atomic E-state index is 12.0. The molecule has 1 aromatic carbocycles. The van der Waals surface area contributed by atoms with Gasteiger partial charge in [-0.3, -0.25) is 9.59 Å². The standard InChI is InChI=1S/C15H19ClN2O2/c1-9(19)17-12-5-6-13-11(7-12)8-14(16)15(3,4)18(13)10(2)20/h5-7,14H,8H2,1-4H3,(H,17,19). The molecule has 0 spiro atoms. The number of carbonyl (C=O) groups is 2. The van der Waals surface area contributed by atoms with Crippen molar-refractivity contribution in [1.29, 1.82) is 0 Å². The molecule has 1 aromatic rings. The molecule has 0 saturated carbocycles. The van der Waals surface area contributed by atoms with E-state index in [1.54, 1.807) is 17.9 Å². The number of fused-ring (bicyclic) bond motifs is 1. The molecule has 4 nitrogen and oxygen atoms in total. The molecule has 0 aliphatic carbocycles. The second kappa shape index (κ2) is 5.09. The molecule has 108 valence electrons. The third-order valence-corrected chi connectivity index (χ3v) is 4.39. The van der Waals surface area contributed by atoms with Crippen LogP contribution in [0.3, 0.4) is 0 Å². The van der Waals surface area contributed by atoms with E-state index in [0.717, 1.165) is 16.9 Å². The van der Waals surface area contributed by atoms with Crippen LogP contribution in [-0.2, 0) is 16.0 Å². The van der Waals surface area contributed by atoms with Gasteiger partial charge in [-0.15, -0.1) is 11.6 Å². The third-order valence-electron chi connectivity index (χ3n) is 3.70. The van der Waals surface area contributed by atoms with Gasteiger partial charge in [-0.2, -0.15) is 0 Å². The van der Waals surface area contributed by atoms with Crippen LogP contribution in [0.1, 0.15) is 33.3 Å². The van der Waals surface area contributed by atoms with E-state index >= 15 is 0 Å². The van der Waals surface area contributed by atoms with E-state index in [0.29, 0.717) is 6.42 Å². The average molecular weight is 295 g/mol. The Bertz CT molecular complexity index is 569. The Morgan fingerprint density at radius 2 is 2.00 bits per heavy atom. The summed E-state index contributed by atoms with van der Waals surface area (Å²) in [6.45, 7) is 6.95. The van der Waals surface area contributed by atoms with Crippen molar-refractivity contribution in [1.82, 2.24) is 0 Å². The van der Waals surface area contributed by atoms with Gasteiger partial charge in [0.2, 0.25) is 11.8 Å². The maximum Gasteiger partial charge on any atom is 0.224 e. The lowest BCUT2D eigenvalue weighted by Gasteiger charge is -2.46. The lowest BCUT2D eigenvalue weighted by Crippen LogP contribution is -2.56. The summed E-state index contributed by atoms with van der Waals surface area (Å²) in [4.78, 5) is 24.8. The minimum absolute atomic E-state index is 0.0334. The van der Waals surface area contributed by atoms with Crippen molar-refractivity contribution >= 4 is 34.8 Å². The number of nitrogens with zero attached hydrogens (tertiary/aromatic N) is 1. The molecular formula is C15H19ClN2O2. The lowest BCUT2D eigenvalue weighted by atomic mass is 9.86. The van der Waals surface area contributed by atoms with Gasteiger partial charge < -0.3 is 10.2 Å². The number of nitrogens with one attached hydrogen (secondary N) is 1. The summed E-state index contributed by atoms with van der Waals surface area (Å²) in [6.07, 6.45) is 0.668. The van der Waals surface area contributed by atoms with Gasteiger partial charge in [0, 0.05) is 25.2 Å². The summed E-state index contributed by atoms with van der Waals surface area (Å²) in [6, 6.07) is 5.56. The van der Waals surface area contributed by atoms with Gasteiger partial charge in [0.25, 0.3) is 0 Å². The molecule has 5 heteroatoms. The van der Waals surface area contributed by atoms with Crippen LogP contribution in [-0.4, -0.2) is 22.7 Å². The van der Waals surface area contributed by atoms with Crippen molar-refractivity contribution < 1.29 is 9.59 Å². The summed E-state index contributed by atoms with van der Waals surface area (Å²) in [5.74, 6) is -0.152. The van der Waals surface area contributed by atoms with E-state index in [1.807, 2.05) is 26.0 Å². The summed E-state index contributed by atoms with van der Waals surface area (Å²) < 4.78 is 0. The van der Waals surface area contributed by atoms with Gasteiger partial charge in [0.1, 0.15) is 0 Å². The van der Waals surface area contributed by atoms with Crippen molar-refractivity contribution in [2.45, 2.75) is 45.0 Å². The molecule has 1 N–H and O–H groups in total. The molecule has 0 saturated heterocycles. The topological polar surface area (TPSA) is 49.4 Å². The van der Waals surface area contributed by atoms with Crippen molar-refractivity contribution in [3.8, 4) is 0 Å². The second-order valence-corrected chi connectivity index (χ2v) is 6.23. The number of carbonyl (C=O) groups excluding carboxylic acids is 2. The van der Waals surface area contributed by atoms with E-state index < -0.39 is 5.54 Å². The van der Waals surface area contributed by atoms with E-state index in [9.17, 15) is 9.59 Å². The fourth-order valence-electron chi connectivity index (χ4n) is 2.72. The first-order chi connectivity index (χ1) is 9.23. The van der Waals surface area contributed by atoms with Gasteiger partial charge in [0.15, 0.2) is 0 Å². The normalized spacial score (nSPS) is 20.2. The number of hydrogen-bond acceptors (Lipinski definition) is 2. The first-order valence-electron chi connectivity index (χ1n) is 6.59. The molecule has 2 rings (SSSR count). The molecule has 1 unspecified atom stereocenters. The number of hydrogen-bond donors (Lipinski definition) is 1. The monoisotopic (exact) mass is 294 g/mol. The Balaban J connectivity index is 2.49. The second-order valence-electron chi connectivity index (χ2n) is 5.70. The molecule has 1 aliphatic rings. The van der Waals surface area contributed by atoms with Gasteiger partial charge in [0.05, 0.1) is 10.9 Å². The molecule has 0 fully saturated rings. The van der Waals surface area contributed by atoms with Crippen molar-refractivity contribution in [2.24, 2.45) is 0 Å². The summed E-state index contributed by atoms with van der Waals surface area (Å²) in [5.41, 5.74) is 2.14. The van der Waals surface area contributed by atoms with Crippen molar-refractivity contribution in [3.63, 3.8) is 0 Å². The Hall–Kier alpha value is -1.55. The third kappa shape index (κ3) is 2.52. The predicted octanol–water partition coefficient (Wildman–Crippen LogP) is 2.94. The van der Waals surface area contributed by atoms with Crippen LogP contribution >= 0.6 is 11.6 Å². The number of amides is 2. The smallest absolute Gasteiger partial charge is 0.224 e. The van der Waals surface area contributed by atoms with Gasteiger partial charge >= 0.3 is 0 Å². The Morgan fingerprint density at radius 1 is 1.35 bits per heavy atom. The first kappa shape index (κ1) is 14.9. The zero-order valence-corrected chi connectivity index (χ0v) is 12.9. The highest BCUT2D eigenvalue weighted by Gasteiger charge is 2.42. The minimum Gasteiger partial charge on any atom is -0.326 e. The van der Waals surface area contributed by atoms with Crippen molar-refractivity contribution in [3.05, 3.63) is 23.8 Å². The summed E-state index contributed by atoms with van der Waals surface area (Å²) in [5, 5.41) is 2.57. The molecule has 0 bridgehead atoms. The molecule has 2 amide bonds. The number of benzene rings is 1. The van der Waals surface area contributed by atoms with E-state index in [2.05, 4.69) is 5.32 Å². The number of alkyl halides is 1. The van der Waals surface area contributed by atoms with E-state index in [-0.39, 0.29) is 17.2 Å². The predicted molar refractivity (Wildman–Crippen MR) is 81.3 cm³/mol. The average Bonchev–Trinajstić information content (AvgIpc) is 2.29. The maximum atomic E-state index is 12.0. The molecule has 1 heterocycles. The van der Waals surface area contributed by atoms with Crippen LogP contribution in [0.2, 0.25) is 0 Å². The minimum atomic E-state index is -0.435. The highest BCUT2D eigenvalue weighted by atomic mass is 35.5. The SMILES string of the molecule is CC(=O)Nc1ccc2c(c1)CC(Cl)C(C)(C)N2C(C)=O. The quantitative estimate of drug-likeness (QED) is 0.810. The van der Waals surface area contributed by atoms with Crippen LogP contribution < -0.4 is 10.2 Å². The van der Waals surface area contributed by atoms with Crippen LogP contribution in [0.5, 0.6) is 0 Å². The molecular weight excluding hydrogens is 276 g/mol. The lowest BCUT2D eigenvalue weighted by molar-refractivity contribution is -0.117. The summed E-state index contributed by atoms with van der Waals surface area (Å²) in [7, 11) is 0. The van der Waals surface area contributed by atoms with Gasteiger partial charge in [-0.05, 0) is 44.0 Å². The molecule has 20 heavy (non-hydrogen) atoms. The Labute approximate surface area is 124 Å². The highest BCUT2D eigenvalue weighted by Crippen LogP contribution is 2.40. The summed E-state index contributed by atoms with van der Waals surface area (Å²) >= 11 is 6.45. The fraction of sp³-hybridized carbons (Fsp3) is 0.467. The molecule has 1 aliphatic heterocycles. The highest BCUT2D eigenvalue weighted by molar-refractivity contribution is 6.22. The number of halogens is 1. The van der Waals surface area contributed by atoms with Crippen LogP contribution in [0.25, 0.3) is 0 Å². The van der Waals surface area contributed by atoms with E-state index in [1.165, 1.54) is 6.92 Å². The fourth-order valence-corrected chi connectivity index (χ4v) is 2.98. The number of anilines is 2. The van der Waals surface area contributed by atoms with Crippen LogP contribution in [0.15, 0.2) is 18.2 Å². The largest absolute Gasteiger partial charge is 0.326 e.